The lowest BCUT2D eigenvalue weighted by atomic mass is 10.0. The number of benzene rings is 1. The molecule has 20 heavy (non-hydrogen) atoms. The molecule has 0 spiro atoms. The third-order valence-electron chi connectivity index (χ3n) is 3.05. The lowest BCUT2D eigenvalue weighted by Crippen LogP contribution is -2.10. The van der Waals surface area contributed by atoms with E-state index in [9.17, 15) is 10.1 Å². The summed E-state index contributed by atoms with van der Waals surface area (Å²) in [6.07, 6.45) is 1.25. The van der Waals surface area contributed by atoms with Crippen molar-refractivity contribution >= 4 is 27.4 Å². The van der Waals surface area contributed by atoms with Crippen LogP contribution >= 0.6 is 15.9 Å². The predicted molar refractivity (Wildman–Crippen MR) is 81.8 cm³/mol. The molecule has 0 bridgehead atoms. The van der Waals surface area contributed by atoms with Crippen molar-refractivity contribution in [3.05, 3.63) is 62.2 Å². The van der Waals surface area contributed by atoms with Crippen molar-refractivity contribution in [2.45, 2.75) is 19.9 Å². The molecule has 0 saturated heterocycles. The average molecular weight is 336 g/mol. The van der Waals surface area contributed by atoms with E-state index in [0.717, 1.165) is 0 Å². The first-order valence-corrected chi connectivity index (χ1v) is 6.90. The van der Waals surface area contributed by atoms with Gasteiger partial charge < -0.3 is 5.32 Å². The molecule has 104 valence electrons. The highest BCUT2D eigenvalue weighted by molar-refractivity contribution is 9.10. The molecule has 0 saturated carbocycles. The molecule has 5 nitrogen and oxygen atoms in total. The molecule has 0 aliphatic heterocycles. The molecule has 1 atom stereocenters. The van der Waals surface area contributed by atoms with Gasteiger partial charge in [-0.25, -0.2) is 4.98 Å². The van der Waals surface area contributed by atoms with E-state index in [2.05, 4.69) is 26.2 Å². The van der Waals surface area contributed by atoms with Gasteiger partial charge in [0.15, 0.2) is 0 Å². The van der Waals surface area contributed by atoms with E-state index >= 15 is 0 Å². The van der Waals surface area contributed by atoms with Crippen LogP contribution < -0.4 is 5.32 Å². The van der Waals surface area contributed by atoms with Gasteiger partial charge in [-0.3, -0.25) is 10.1 Å². The van der Waals surface area contributed by atoms with Gasteiger partial charge in [-0.15, -0.1) is 0 Å². The van der Waals surface area contributed by atoms with E-state index in [-0.39, 0.29) is 11.7 Å². The Hall–Kier alpha value is -1.95. The summed E-state index contributed by atoms with van der Waals surface area (Å²) in [5, 5.41) is 13.9. The van der Waals surface area contributed by atoms with Crippen molar-refractivity contribution in [2.24, 2.45) is 0 Å². The van der Waals surface area contributed by atoms with Crippen molar-refractivity contribution in [2.75, 3.05) is 5.32 Å². The number of nitrogens with zero attached hydrogens (tertiary/aromatic N) is 2. The summed E-state index contributed by atoms with van der Waals surface area (Å²) in [4.78, 5) is 14.3. The highest BCUT2D eigenvalue weighted by Gasteiger charge is 2.14. The Balaban J connectivity index is 2.22. The lowest BCUT2D eigenvalue weighted by molar-refractivity contribution is -0.385. The fraction of sp³-hybridized carbons (Fsp3) is 0.214. The van der Waals surface area contributed by atoms with Crippen molar-refractivity contribution in [1.29, 1.82) is 0 Å². The van der Waals surface area contributed by atoms with Gasteiger partial charge in [0.2, 0.25) is 0 Å². The van der Waals surface area contributed by atoms with Gasteiger partial charge in [0, 0.05) is 6.07 Å². The zero-order valence-corrected chi connectivity index (χ0v) is 12.7. The predicted octanol–water partition coefficient (Wildman–Crippen LogP) is 4.23. The Labute approximate surface area is 125 Å². The number of halogens is 1. The van der Waals surface area contributed by atoms with Crippen molar-refractivity contribution in [3.8, 4) is 0 Å². The fourth-order valence-electron chi connectivity index (χ4n) is 1.99. The summed E-state index contributed by atoms with van der Waals surface area (Å²) >= 11 is 3.31. The van der Waals surface area contributed by atoms with Gasteiger partial charge in [0.1, 0.15) is 12.0 Å². The Morgan fingerprint density at radius 2 is 2.10 bits per heavy atom. The van der Waals surface area contributed by atoms with Crippen LogP contribution in [-0.4, -0.2) is 9.91 Å². The van der Waals surface area contributed by atoms with Crippen LogP contribution in [0.2, 0.25) is 0 Å². The second-order valence-electron chi connectivity index (χ2n) is 4.50. The Morgan fingerprint density at radius 1 is 1.40 bits per heavy atom. The number of hydrogen-bond donors (Lipinski definition) is 1. The third kappa shape index (κ3) is 3.14. The first-order chi connectivity index (χ1) is 9.49. The molecular weight excluding hydrogens is 322 g/mol. The number of nitrogens with one attached hydrogen (secondary N) is 1. The first-order valence-electron chi connectivity index (χ1n) is 6.11. The van der Waals surface area contributed by atoms with Gasteiger partial charge in [-0.1, -0.05) is 24.3 Å². The molecule has 6 heteroatoms. The maximum atomic E-state index is 10.7. The summed E-state index contributed by atoms with van der Waals surface area (Å²) in [5.74, 6) is 0.589. The third-order valence-corrected chi connectivity index (χ3v) is 3.65. The standard InChI is InChI=1S/C14H14BrN3O2/c1-9-5-3-4-6-12(9)10(2)17-14-13(15)7-11(8-16-14)18(19)20/h3-8,10H,1-2H3,(H,16,17). The Morgan fingerprint density at radius 3 is 2.70 bits per heavy atom. The summed E-state index contributed by atoms with van der Waals surface area (Å²) < 4.78 is 0.576. The number of anilines is 1. The van der Waals surface area contributed by atoms with E-state index in [4.69, 9.17) is 0 Å². The number of aryl methyl sites for hydroxylation is 1. The molecule has 2 rings (SSSR count). The molecule has 1 aromatic heterocycles. The van der Waals surface area contributed by atoms with Crippen LogP contribution in [0.4, 0.5) is 11.5 Å². The van der Waals surface area contributed by atoms with E-state index < -0.39 is 4.92 Å². The molecule has 1 unspecified atom stereocenters. The van der Waals surface area contributed by atoms with Crippen LogP contribution in [0, 0.1) is 17.0 Å². The zero-order chi connectivity index (χ0) is 14.7. The second-order valence-corrected chi connectivity index (χ2v) is 5.36. The Bertz CT molecular complexity index is 646. The quantitative estimate of drug-likeness (QED) is 0.670. The van der Waals surface area contributed by atoms with Gasteiger partial charge in [-0.05, 0) is 40.9 Å². The van der Waals surface area contributed by atoms with E-state index in [1.54, 1.807) is 0 Å². The molecule has 0 aliphatic carbocycles. The van der Waals surface area contributed by atoms with Crippen LogP contribution in [0.15, 0.2) is 41.0 Å². The fourth-order valence-corrected chi connectivity index (χ4v) is 2.44. The molecule has 0 aliphatic rings. The molecule has 1 aromatic carbocycles. The SMILES string of the molecule is Cc1ccccc1C(C)Nc1ncc([N+](=O)[O-])cc1Br. The molecule has 1 heterocycles. The molecule has 0 radical (unpaired) electrons. The molecule has 0 amide bonds. The van der Waals surface area contributed by atoms with Crippen LogP contribution in [0.3, 0.4) is 0 Å². The highest BCUT2D eigenvalue weighted by Crippen LogP contribution is 2.28. The summed E-state index contributed by atoms with van der Waals surface area (Å²) in [7, 11) is 0. The normalized spacial score (nSPS) is 11.9. The van der Waals surface area contributed by atoms with Crippen LogP contribution in [0.1, 0.15) is 24.1 Å². The first kappa shape index (κ1) is 14.5. The van der Waals surface area contributed by atoms with Crippen molar-refractivity contribution in [1.82, 2.24) is 4.98 Å². The number of hydrogen-bond acceptors (Lipinski definition) is 4. The number of rotatable bonds is 4. The van der Waals surface area contributed by atoms with Crippen molar-refractivity contribution in [3.63, 3.8) is 0 Å². The maximum absolute atomic E-state index is 10.7. The zero-order valence-electron chi connectivity index (χ0n) is 11.1. The van der Waals surface area contributed by atoms with Gasteiger partial charge in [0.25, 0.3) is 5.69 Å². The van der Waals surface area contributed by atoms with Gasteiger partial charge >= 0.3 is 0 Å². The lowest BCUT2D eigenvalue weighted by Gasteiger charge is -2.17. The van der Waals surface area contributed by atoms with Crippen LogP contribution in [0.5, 0.6) is 0 Å². The molecule has 0 fully saturated rings. The van der Waals surface area contributed by atoms with E-state index in [1.165, 1.54) is 23.4 Å². The average Bonchev–Trinajstić information content (AvgIpc) is 2.41. The molecule has 2 aromatic rings. The smallest absolute Gasteiger partial charge is 0.288 e. The summed E-state index contributed by atoms with van der Waals surface area (Å²) in [5.41, 5.74) is 2.32. The Kier molecular flexibility index (Phi) is 4.34. The van der Waals surface area contributed by atoms with Crippen LogP contribution in [0.25, 0.3) is 0 Å². The van der Waals surface area contributed by atoms with Crippen molar-refractivity contribution < 1.29 is 4.92 Å². The van der Waals surface area contributed by atoms with E-state index in [0.29, 0.717) is 10.3 Å². The number of aromatic nitrogens is 1. The summed E-state index contributed by atoms with van der Waals surface area (Å²) in [6.45, 7) is 4.07. The maximum Gasteiger partial charge on any atom is 0.288 e. The number of pyridine rings is 1. The monoisotopic (exact) mass is 335 g/mol. The minimum Gasteiger partial charge on any atom is -0.363 e. The van der Waals surface area contributed by atoms with Gasteiger partial charge in [0.05, 0.1) is 15.4 Å². The van der Waals surface area contributed by atoms with Gasteiger partial charge in [-0.2, -0.15) is 0 Å². The second kappa shape index (κ2) is 6.00. The minimum atomic E-state index is -0.466. The molecule has 1 N–H and O–H groups in total. The topological polar surface area (TPSA) is 68.1 Å². The molecular formula is C14H14BrN3O2. The summed E-state index contributed by atoms with van der Waals surface area (Å²) in [6, 6.07) is 9.57. The largest absolute Gasteiger partial charge is 0.363 e. The number of nitro groups is 1. The highest BCUT2D eigenvalue weighted by atomic mass is 79.9. The minimum absolute atomic E-state index is 0.0361. The van der Waals surface area contributed by atoms with Crippen LogP contribution in [-0.2, 0) is 0 Å². The van der Waals surface area contributed by atoms with E-state index in [1.807, 2.05) is 38.1 Å².